The van der Waals surface area contributed by atoms with Crippen LogP contribution in [-0.4, -0.2) is 60.1 Å². The van der Waals surface area contributed by atoms with Gasteiger partial charge >= 0.3 is 0 Å². The number of hydrogen-bond acceptors (Lipinski definition) is 6. The molecule has 0 aliphatic carbocycles. The van der Waals surface area contributed by atoms with Gasteiger partial charge in [-0.15, -0.1) is 0 Å². The number of nitrogens with zero attached hydrogens (tertiary/aromatic N) is 4. The molecule has 5 rings (SSSR count). The molecule has 3 aliphatic rings. The Kier molecular flexibility index (Phi) is 5.34. The van der Waals surface area contributed by atoms with Gasteiger partial charge in [-0.3, -0.25) is 14.6 Å². The molecule has 1 amide bonds. The van der Waals surface area contributed by atoms with Crippen LogP contribution in [0.25, 0.3) is 11.3 Å². The maximum atomic E-state index is 13.2. The van der Waals surface area contributed by atoms with Crippen molar-refractivity contribution in [3.05, 3.63) is 60.1 Å². The Bertz CT molecular complexity index is 1070. The minimum atomic E-state index is -0.0216. The average molecular weight is 416 g/mol. The molecule has 0 spiro atoms. The summed E-state index contributed by atoms with van der Waals surface area (Å²) in [5.74, 6) is 0.631. The number of rotatable bonds is 4. The van der Waals surface area contributed by atoms with Crippen molar-refractivity contribution in [1.82, 2.24) is 9.88 Å². The summed E-state index contributed by atoms with van der Waals surface area (Å²) in [6.07, 6.45) is 4.51. The monoisotopic (exact) mass is 416 g/mol. The summed E-state index contributed by atoms with van der Waals surface area (Å²) >= 11 is 0. The Morgan fingerprint density at radius 1 is 1.06 bits per heavy atom. The molecule has 1 fully saturated rings. The van der Waals surface area contributed by atoms with Crippen LogP contribution >= 0.6 is 0 Å². The van der Waals surface area contributed by atoms with Crippen molar-refractivity contribution in [2.24, 2.45) is 4.99 Å². The standard InChI is InChI=1S/C24H24N4O3/c29-18-14-17(26-23(16-18)27-10-12-31-13-11-27)15-24(30)28-9-7-20-19(4-3-6-22(20)28)21-5-1-2-8-25-21/h1-6,8,16H,7,9-15H2. The van der Waals surface area contributed by atoms with Gasteiger partial charge in [-0.2, -0.15) is 0 Å². The molecule has 0 bridgehead atoms. The first-order valence-electron chi connectivity index (χ1n) is 10.7. The van der Waals surface area contributed by atoms with Gasteiger partial charge in [-0.1, -0.05) is 18.2 Å². The second kappa shape index (κ2) is 8.43. The number of allylic oxidation sites excluding steroid dienone is 1. The molecule has 0 saturated carbocycles. The Labute approximate surface area is 181 Å². The molecular formula is C24H24N4O3. The SMILES string of the molecule is O=C1C=C(N2CCOCC2)N=C(CC(=O)N2CCc3c(-c4ccccn4)cccc32)C1. The van der Waals surface area contributed by atoms with Crippen LogP contribution in [0.4, 0.5) is 5.69 Å². The predicted octanol–water partition coefficient (Wildman–Crippen LogP) is 2.62. The van der Waals surface area contributed by atoms with E-state index in [4.69, 9.17) is 4.74 Å². The normalized spacial score (nSPS) is 18.5. The van der Waals surface area contributed by atoms with E-state index in [0.717, 1.165) is 28.9 Å². The fraction of sp³-hybridized carbons (Fsp3) is 0.333. The molecule has 31 heavy (non-hydrogen) atoms. The molecule has 7 heteroatoms. The van der Waals surface area contributed by atoms with Gasteiger partial charge in [0.15, 0.2) is 5.78 Å². The number of fused-ring (bicyclic) bond motifs is 1. The van der Waals surface area contributed by atoms with Crippen LogP contribution in [0.3, 0.4) is 0 Å². The summed E-state index contributed by atoms with van der Waals surface area (Å²) in [6, 6.07) is 11.9. The van der Waals surface area contributed by atoms with E-state index in [1.165, 1.54) is 0 Å². The van der Waals surface area contributed by atoms with Gasteiger partial charge in [-0.05, 0) is 30.2 Å². The van der Waals surface area contributed by atoms with Crippen molar-refractivity contribution in [3.8, 4) is 11.3 Å². The zero-order valence-corrected chi connectivity index (χ0v) is 17.3. The molecule has 3 aliphatic heterocycles. The third-order valence-electron chi connectivity index (χ3n) is 5.90. The number of ether oxygens (including phenoxy) is 1. The maximum Gasteiger partial charge on any atom is 0.232 e. The zero-order valence-electron chi connectivity index (χ0n) is 17.3. The number of ketones is 1. The van der Waals surface area contributed by atoms with Gasteiger partial charge < -0.3 is 14.5 Å². The van der Waals surface area contributed by atoms with Gasteiger partial charge in [0.25, 0.3) is 0 Å². The second-order valence-corrected chi connectivity index (χ2v) is 7.91. The molecule has 4 heterocycles. The highest BCUT2D eigenvalue weighted by atomic mass is 16.5. The fourth-order valence-electron chi connectivity index (χ4n) is 4.41. The van der Waals surface area contributed by atoms with E-state index in [1.54, 1.807) is 12.3 Å². The van der Waals surface area contributed by atoms with E-state index in [9.17, 15) is 9.59 Å². The molecule has 158 valence electrons. The third kappa shape index (κ3) is 4.01. The van der Waals surface area contributed by atoms with Gasteiger partial charge in [0.1, 0.15) is 5.82 Å². The van der Waals surface area contributed by atoms with Crippen molar-refractivity contribution >= 4 is 23.1 Å². The predicted molar refractivity (Wildman–Crippen MR) is 118 cm³/mol. The van der Waals surface area contributed by atoms with Crippen LogP contribution in [0, 0.1) is 0 Å². The van der Waals surface area contributed by atoms with Crippen molar-refractivity contribution in [2.45, 2.75) is 19.3 Å². The van der Waals surface area contributed by atoms with Gasteiger partial charge in [0.2, 0.25) is 5.91 Å². The Balaban J connectivity index is 1.35. The summed E-state index contributed by atoms with van der Waals surface area (Å²) in [4.78, 5) is 38.5. The minimum Gasteiger partial charge on any atom is -0.378 e. The molecule has 0 radical (unpaired) electrons. The van der Waals surface area contributed by atoms with E-state index in [0.29, 0.717) is 44.4 Å². The van der Waals surface area contributed by atoms with Crippen molar-refractivity contribution in [2.75, 3.05) is 37.7 Å². The molecule has 0 N–H and O–H groups in total. The smallest absolute Gasteiger partial charge is 0.232 e. The summed E-state index contributed by atoms with van der Waals surface area (Å²) in [5.41, 5.74) is 4.69. The lowest BCUT2D eigenvalue weighted by molar-refractivity contribution is -0.117. The largest absolute Gasteiger partial charge is 0.378 e. The number of benzene rings is 1. The van der Waals surface area contributed by atoms with Crippen LogP contribution in [0.15, 0.2) is 59.5 Å². The Hall–Kier alpha value is -3.32. The first-order chi connectivity index (χ1) is 15.2. The van der Waals surface area contributed by atoms with Crippen LogP contribution in [0.1, 0.15) is 18.4 Å². The number of hydrogen-bond donors (Lipinski definition) is 0. The first kappa shape index (κ1) is 19.6. The fourth-order valence-corrected chi connectivity index (χ4v) is 4.41. The number of carbonyl (C=O) groups is 2. The molecule has 1 aromatic heterocycles. The molecule has 0 unspecified atom stereocenters. The van der Waals surface area contributed by atoms with E-state index in [1.807, 2.05) is 35.2 Å². The summed E-state index contributed by atoms with van der Waals surface area (Å²) in [6.45, 7) is 3.29. The zero-order chi connectivity index (χ0) is 21.2. The van der Waals surface area contributed by atoms with E-state index >= 15 is 0 Å². The highest BCUT2D eigenvalue weighted by Crippen LogP contribution is 2.35. The highest BCUT2D eigenvalue weighted by Gasteiger charge is 2.29. The third-order valence-corrected chi connectivity index (χ3v) is 5.90. The van der Waals surface area contributed by atoms with Crippen molar-refractivity contribution in [1.29, 1.82) is 0 Å². The summed E-state index contributed by atoms with van der Waals surface area (Å²) in [7, 11) is 0. The maximum absolute atomic E-state index is 13.2. The number of carbonyl (C=O) groups excluding carboxylic acids is 2. The van der Waals surface area contributed by atoms with Crippen LogP contribution in [0.2, 0.25) is 0 Å². The second-order valence-electron chi connectivity index (χ2n) is 7.91. The molecule has 7 nitrogen and oxygen atoms in total. The summed E-state index contributed by atoms with van der Waals surface area (Å²) in [5, 5.41) is 0. The van der Waals surface area contributed by atoms with Gasteiger partial charge in [0, 0.05) is 55.3 Å². The lowest BCUT2D eigenvalue weighted by Gasteiger charge is -2.30. The molecule has 2 aromatic rings. The molecule has 1 saturated heterocycles. The van der Waals surface area contributed by atoms with Gasteiger partial charge in [0.05, 0.1) is 25.3 Å². The highest BCUT2D eigenvalue weighted by molar-refractivity contribution is 6.16. The quantitative estimate of drug-likeness (QED) is 0.766. The number of anilines is 1. The molecular weight excluding hydrogens is 392 g/mol. The van der Waals surface area contributed by atoms with Crippen LogP contribution < -0.4 is 4.90 Å². The number of aromatic nitrogens is 1. The van der Waals surface area contributed by atoms with E-state index in [2.05, 4.69) is 20.9 Å². The topological polar surface area (TPSA) is 75.1 Å². The first-order valence-corrected chi connectivity index (χ1v) is 10.7. The summed E-state index contributed by atoms with van der Waals surface area (Å²) < 4.78 is 5.38. The van der Waals surface area contributed by atoms with Gasteiger partial charge in [-0.25, -0.2) is 4.99 Å². The van der Waals surface area contributed by atoms with Crippen molar-refractivity contribution < 1.29 is 14.3 Å². The number of aliphatic imine (C=N–C) groups is 1. The van der Waals surface area contributed by atoms with Crippen LogP contribution in [-0.2, 0) is 20.7 Å². The Morgan fingerprint density at radius 3 is 2.74 bits per heavy atom. The van der Waals surface area contributed by atoms with Crippen molar-refractivity contribution in [3.63, 3.8) is 0 Å². The van der Waals surface area contributed by atoms with Crippen LogP contribution in [0.5, 0.6) is 0 Å². The number of amides is 1. The number of pyridine rings is 1. The number of morpholine rings is 1. The lowest BCUT2D eigenvalue weighted by atomic mass is 10.0. The van der Waals surface area contributed by atoms with E-state index < -0.39 is 0 Å². The lowest BCUT2D eigenvalue weighted by Crippen LogP contribution is -2.37. The minimum absolute atomic E-state index is 0.00134. The average Bonchev–Trinajstić information content (AvgIpc) is 3.24. The van der Waals surface area contributed by atoms with E-state index in [-0.39, 0.29) is 24.5 Å². The molecule has 1 aromatic carbocycles. The Morgan fingerprint density at radius 2 is 1.94 bits per heavy atom. The molecule has 0 atom stereocenters.